The summed E-state index contributed by atoms with van der Waals surface area (Å²) in [5.74, 6) is -0.414. The fraction of sp³-hybridized carbons (Fsp3) is 0.261. The van der Waals surface area contributed by atoms with Crippen molar-refractivity contribution >= 4 is 11.7 Å². The van der Waals surface area contributed by atoms with Gasteiger partial charge in [0.05, 0.1) is 0 Å². The highest BCUT2D eigenvalue weighted by atomic mass is 19.1. The molecule has 0 fully saturated rings. The first-order valence-corrected chi connectivity index (χ1v) is 9.88. The van der Waals surface area contributed by atoms with Crippen LogP contribution >= 0.6 is 0 Å². The molecule has 1 aromatic heterocycles. The molecule has 0 amide bonds. The average Bonchev–Trinajstić information content (AvgIpc) is 3.05. The van der Waals surface area contributed by atoms with Gasteiger partial charge < -0.3 is 5.32 Å². The highest BCUT2D eigenvalue weighted by Gasteiger charge is 2.39. The summed E-state index contributed by atoms with van der Waals surface area (Å²) in [6.07, 6.45) is 0.950. The summed E-state index contributed by atoms with van der Waals surface area (Å²) in [4.78, 5) is 17.7. The Bertz CT molecular complexity index is 1180. The zero-order chi connectivity index (χ0) is 21.0. The highest BCUT2D eigenvalue weighted by Crippen LogP contribution is 2.44. The van der Waals surface area contributed by atoms with Crippen molar-refractivity contribution in [2.24, 2.45) is 0 Å². The van der Waals surface area contributed by atoms with E-state index in [4.69, 9.17) is 0 Å². The molecule has 0 saturated carbocycles. The fourth-order valence-electron chi connectivity index (χ4n) is 4.43. The van der Waals surface area contributed by atoms with Crippen LogP contribution < -0.4 is 5.32 Å². The van der Waals surface area contributed by atoms with Gasteiger partial charge >= 0.3 is 0 Å². The SMILES string of the molecule is Cc1ccc(C2CC(=O)C3=C(C2)Nc2nc(C)nn2C3c2cc(F)cc(F)c2)cc1. The van der Waals surface area contributed by atoms with Crippen molar-refractivity contribution in [2.45, 2.75) is 38.6 Å². The minimum absolute atomic E-state index is 0.0322. The van der Waals surface area contributed by atoms with E-state index in [1.165, 1.54) is 12.1 Å². The summed E-state index contributed by atoms with van der Waals surface area (Å²) in [5.41, 5.74) is 3.84. The van der Waals surface area contributed by atoms with E-state index in [-0.39, 0.29) is 11.7 Å². The van der Waals surface area contributed by atoms with Gasteiger partial charge in [0.1, 0.15) is 23.5 Å². The third-order valence-electron chi connectivity index (χ3n) is 5.78. The molecular formula is C23H20F2N4O. The number of nitrogens with zero attached hydrogens (tertiary/aromatic N) is 3. The number of allylic oxidation sites excluding steroid dienone is 2. The van der Waals surface area contributed by atoms with Gasteiger partial charge in [0.15, 0.2) is 5.78 Å². The van der Waals surface area contributed by atoms with Gasteiger partial charge in [0.25, 0.3) is 0 Å². The van der Waals surface area contributed by atoms with Crippen LogP contribution in [0.5, 0.6) is 0 Å². The summed E-state index contributed by atoms with van der Waals surface area (Å²) in [5, 5.41) is 7.64. The number of Topliss-reactive ketones (excluding diaryl/α,β-unsaturated/α-hetero) is 1. The lowest BCUT2D eigenvalue weighted by molar-refractivity contribution is -0.116. The predicted octanol–water partition coefficient (Wildman–Crippen LogP) is 4.59. The molecule has 7 heteroatoms. The number of halogens is 2. The van der Waals surface area contributed by atoms with Crippen molar-refractivity contribution in [3.63, 3.8) is 0 Å². The number of rotatable bonds is 2. The predicted molar refractivity (Wildman–Crippen MR) is 108 cm³/mol. The highest BCUT2D eigenvalue weighted by molar-refractivity contribution is 6.00. The maximum atomic E-state index is 14.0. The van der Waals surface area contributed by atoms with Crippen molar-refractivity contribution in [3.8, 4) is 0 Å². The number of benzene rings is 2. The first kappa shape index (κ1) is 18.7. The molecule has 0 spiro atoms. The molecule has 2 aromatic carbocycles. The molecule has 0 bridgehead atoms. The summed E-state index contributed by atoms with van der Waals surface area (Å²) in [6.45, 7) is 3.77. The van der Waals surface area contributed by atoms with Crippen LogP contribution in [0.2, 0.25) is 0 Å². The van der Waals surface area contributed by atoms with Gasteiger partial charge in [-0.3, -0.25) is 4.79 Å². The number of aromatic nitrogens is 3. The second kappa shape index (κ2) is 6.86. The van der Waals surface area contributed by atoms with E-state index in [1.54, 1.807) is 11.6 Å². The number of carbonyl (C=O) groups excluding carboxylic acids is 1. The van der Waals surface area contributed by atoms with Crippen molar-refractivity contribution in [1.29, 1.82) is 0 Å². The summed E-state index contributed by atoms with van der Waals surface area (Å²) >= 11 is 0. The molecule has 2 unspecified atom stereocenters. The largest absolute Gasteiger partial charge is 0.328 e. The van der Waals surface area contributed by atoms with Crippen LogP contribution in [0.4, 0.5) is 14.7 Å². The van der Waals surface area contributed by atoms with Gasteiger partial charge in [-0.25, -0.2) is 13.5 Å². The van der Waals surface area contributed by atoms with E-state index >= 15 is 0 Å². The molecule has 3 aromatic rings. The molecule has 0 radical (unpaired) electrons. The third-order valence-corrected chi connectivity index (χ3v) is 5.78. The van der Waals surface area contributed by atoms with Crippen LogP contribution in [0.1, 0.15) is 47.3 Å². The van der Waals surface area contributed by atoms with Gasteiger partial charge in [-0.05, 0) is 49.4 Å². The Hall–Kier alpha value is -3.35. The fourth-order valence-corrected chi connectivity index (χ4v) is 4.43. The molecule has 152 valence electrons. The summed E-state index contributed by atoms with van der Waals surface area (Å²) < 4.78 is 29.5. The monoisotopic (exact) mass is 406 g/mol. The molecule has 2 atom stereocenters. The zero-order valence-electron chi connectivity index (χ0n) is 16.6. The smallest absolute Gasteiger partial charge is 0.226 e. The van der Waals surface area contributed by atoms with Crippen molar-refractivity contribution in [1.82, 2.24) is 14.8 Å². The Morgan fingerprint density at radius 3 is 2.40 bits per heavy atom. The maximum Gasteiger partial charge on any atom is 0.226 e. The van der Waals surface area contributed by atoms with Crippen LogP contribution in [0, 0.1) is 25.5 Å². The number of fused-ring (bicyclic) bond motifs is 1. The Morgan fingerprint density at radius 1 is 1.00 bits per heavy atom. The molecule has 5 nitrogen and oxygen atoms in total. The average molecular weight is 406 g/mol. The number of nitrogens with one attached hydrogen (secondary N) is 1. The van der Waals surface area contributed by atoms with Gasteiger partial charge in [-0.1, -0.05) is 29.8 Å². The minimum Gasteiger partial charge on any atom is -0.328 e. The number of hydrogen-bond acceptors (Lipinski definition) is 4. The van der Waals surface area contributed by atoms with Crippen molar-refractivity contribution in [2.75, 3.05) is 5.32 Å². The van der Waals surface area contributed by atoms with E-state index in [0.717, 1.165) is 22.9 Å². The Morgan fingerprint density at radius 2 is 1.70 bits per heavy atom. The summed E-state index contributed by atoms with van der Waals surface area (Å²) in [6, 6.07) is 10.8. The lowest BCUT2D eigenvalue weighted by Gasteiger charge is -2.35. The van der Waals surface area contributed by atoms with Gasteiger partial charge in [-0.2, -0.15) is 10.1 Å². The number of aryl methyl sites for hydroxylation is 2. The molecule has 1 aliphatic heterocycles. The standard InChI is InChI=1S/C23H20F2N4O/c1-12-3-5-14(6-4-12)15-9-19-21(20(30)10-15)22(16-7-17(24)11-18(25)8-16)29-23(27-19)26-13(2)28-29/h3-8,11,15,22H,9-10H2,1-2H3,(H,26,27,28). The van der Waals surface area contributed by atoms with Crippen LogP contribution in [-0.2, 0) is 4.79 Å². The van der Waals surface area contributed by atoms with Crippen LogP contribution in [0.3, 0.4) is 0 Å². The molecule has 2 aliphatic rings. The molecule has 1 N–H and O–H groups in total. The number of ketones is 1. The molecular weight excluding hydrogens is 386 g/mol. The maximum absolute atomic E-state index is 14.0. The second-order valence-electron chi connectivity index (χ2n) is 7.99. The Labute approximate surface area is 172 Å². The molecule has 2 heterocycles. The van der Waals surface area contributed by atoms with Crippen molar-refractivity contribution < 1.29 is 13.6 Å². The third kappa shape index (κ3) is 3.10. The van der Waals surface area contributed by atoms with E-state index in [0.29, 0.717) is 35.8 Å². The quantitative estimate of drug-likeness (QED) is 0.676. The van der Waals surface area contributed by atoms with E-state index < -0.39 is 17.7 Å². The van der Waals surface area contributed by atoms with E-state index in [2.05, 4.69) is 15.4 Å². The lowest BCUT2D eigenvalue weighted by atomic mass is 9.78. The molecule has 30 heavy (non-hydrogen) atoms. The normalized spacial score (nSPS) is 20.6. The van der Waals surface area contributed by atoms with Gasteiger partial charge in [-0.15, -0.1) is 0 Å². The topological polar surface area (TPSA) is 59.8 Å². The number of carbonyl (C=O) groups is 1. The molecule has 0 saturated heterocycles. The van der Waals surface area contributed by atoms with Crippen LogP contribution in [0.15, 0.2) is 53.7 Å². The van der Waals surface area contributed by atoms with Gasteiger partial charge in [0, 0.05) is 23.8 Å². The number of hydrogen-bond donors (Lipinski definition) is 1. The summed E-state index contributed by atoms with van der Waals surface area (Å²) in [7, 11) is 0. The first-order valence-electron chi connectivity index (χ1n) is 9.88. The lowest BCUT2D eigenvalue weighted by Crippen LogP contribution is -2.33. The van der Waals surface area contributed by atoms with Crippen LogP contribution in [0.25, 0.3) is 0 Å². The Balaban J connectivity index is 1.62. The van der Waals surface area contributed by atoms with Gasteiger partial charge in [0.2, 0.25) is 5.95 Å². The second-order valence-corrected chi connectivity index (χ2v) is 7.99. The zero-order valence-corrected chi connectivity index (χ0v) is 16.6. The van der Waals surface area contributed by atoms with E-state index in [1.807, 2.05) is 31.2 Å². The number of anilines is 1. The molecule has 1 aliphatic carbocycles. The van der Waals surface area contributed by atoms with Crippen LogP contribution in [-0.4, -0.2) is 20.5 Å². The van der Waals surface area contributed by atoms with E-state index in [9.17, 15) is 13.6 Å². The minimum atomic E-state index is -0.714. The van der Waals surface area contributed by atoms with Crippen molar-refractivity contribution in [3.05, 3.63) is 87.9 Å². The molecule has 5 rings (SSSR count). The Kier molecular flexibility index (Phi) is 4.27. The first-order chi connectivity index (χ1) is 14.4.